The minimum Gasteiger partial charge on any atom is -0.487 e. The van der Waals surface area contributed by atoms with E-state index in [0.29, 0.717) is 38.1 Å². The lowest BCUT2D eigenvalue weighted by molar-refractivity contribution is 0.218. The van der Waals surface area contributed by atoms with Gasteiger partial charge in [-0.1, -0.05) is 46.4 Å². The molecule has 0 unspecified atom stereocenters. The average Bonchev–Trinajstić information content (AvgIpc) is 3.15. The van der Waals surface area contributed by atoms with Crippen molar-refractivity contribution < 1.29 is 4.74 Å². The van der Waals surface area contributed by atoms with Crippen molar-refractivity contribution >= 4 is 69.2 Å². The molecule has 1 aliphatic heterocycles. The first-order valence-corrected chi connectivity index (χ1v) is 12.4. The Morgan fingerprint density at radius 3 is 2.24 bits per heavy atom. The number of rotatable bonds is 7. The van der Waals surface area contributed by atoms with Gasteiger partial charge in [0.25, 0.3) is 0 Å². The molecule has 1 aliphatic rings. The Balaban J connectivity index is 1.30. The number of anilines is 1. The van der Waals surface area contributed by atoms with Crippen molar-refractivity contribution in [1.29, 1.82) is 0 Å². The zero-order valence-corrected chi connectivity index (χ0v) is 21.7. The van der Waals surface area contributed by atoms with Crippen LogP contribution in [0.1, 0.15) is 12.7 Å². The lowest BCUT2D eigenvalue weighted by Gasteiger charge is -2.33. The SMILES string of the molecule is CCn1c(/C=C/N2CCN(/C=C/COc3cc(Cl)c(Cl)cc3N)CC2)nc2cc(Cl)c(Cl)cc21. The summed E-state index contributed by atoms with van der Waals surface area (Å²) in [5.74, 6) is 1.41. The fourth-order valence-corrected chi connectivity index (χ4v) is 4.45. The molecule has 180 valence electrons. The van der Waals surface area contributed by atoms with E-state index < -0.39 is 0 Å². The predicted octanol–water partition coefficient (Wildman–Crippen LogP) is 6.43. The second kappa shape index (κ2) is 11.0. The molecule has 1 saturated heterocycles. The highest BCUT2D eigenvalue weighted by Gasteiger charge is 2.13. The molecule has 0 bridgehead atoms. The lowest BCUT2D eigenvalue weighted by atomic mass is 10.3. The highest BCUT2D eigenvalue weighted by Crippen LogP contribution is 2.32. The number of hydrogen-bond acceptors (Lipinski definition) is 5. The standard InChI is InChI=1S/C24H25Cl4N5O/c1-2-33-22-14-18(27)17(26)13-21(22)30-24(33)4-6-32-9-7-31(8-10-32)5-3-11-34-23-15-19(28)16(25)12-20(23)29/h3-6,12-15H,2,7-11,29H2,1H3/b5-3+,6-4+. The normalized spacial score (nSPS) is 14.7. The van der Waals surface area contributed by atoms with Crippen LogP contribution in [0.25, 0.3) is 17.1 Å². The third-order valence-electron chi connectivity index (χ3n) is 5.62. The molecule has 2 N–H and O–H groups in total. The molecule has 0 atom stereocenters. The molecule has 2 heterocycles. The molecule has 0 saturated carbocycles. The van der Waals surface area contributed by atoms with E-state index in [-0.39, 0.29) is 0 Å². The summed E-state index contributed by atoms with van der Waals surface area (Å²) in [6.45, 7) is 6.91. The van der Waals surface area contributed by atoms with E-state index in [4.69, 9.17) is 61.9 Å². The zero-order chi connectivity index (χ0) is 24.2. The van der Waals surface area contributed by atoms with E-state index in [1.54, 1.807) is 12.1 Å². The van der Waals surface area contributed by atoms with Crippen LogP contribution in [0, 0.1) is 0 Å². The van der Waals surface area contributed by atoms with Gasteiger partial charge in [0, 0.05) is 45.0 Å². The second-order valence-corrected chi connectivity index (χ2v) is 9.49. The van der Waals surface area contributed by atoms with E-state index in [1.807, 2.05) is 24.3 Å². The van der Waals surface area contributed by atoms with Crippen molar-refractivity contribution in [2.45, 2.75) is 13.5 Å². The van der Waals surface area contributed by atoms with Gasteiger partial charge in [-0.15, -0.1) is 0 Å². The van der Waals surface area contributed by atoms with E-state index >= 15 is 0 Å². The molecule has 0 radical (unpaired) electrons. The van der Waals surface area contributed by atoms with E-state index in [2.05, 4.69) is 33.7 Å². The molecule has 3 aromatic rings. The zero-order valence-electron chi connectivity index (χ0n) is 18.6. The number of benzene rings is 2. The van der Waals surface area contributed by atoms with Gasteiger partial charge < -0.3 is 24.8 Å². The highest BCUT2D eigenvalue weighted by molar-refractivity contribution is 6.43. The molecule has 0 aliphatic carbocycles. The quantitative estimate of drug-likeness (QED) is 0.350. The highest BCUT2D eigenvalue weighted by atomic mass is 35.5. The van der Waals surface area contributed by atoms with Crippen LogP contribution >= 0.6 is 46.4 Å². The van der Waals surface area contributed by atoms with Crippen LogP contribution in [-0.4, -0.2) is 52.1 Å². The maximum absolute atomic E-state index is 6.20. The van der Waals surface area contributed by atoms with Crippen LogP contribution in [-0.2, 0) is 6.54 Å². The van der Waals surface area contributed by atoms with Gasteiger partial charge in [0.2, 0.25) is 0 Å². The Kier molecular flexibility index (Phi) is 8.04. The largest absolute Gasteiger partial charge is 0.487 e. The van der Waals surface area contributed by atoms with Crippen LogP contribution in [0.15, 0.2) is 42.7 Å². The summed E-state index contributed by atoms with van der Waals surface area (Å²) in [4.78, 5) is 9.27. The first-order chi connectivity index (χ1) is 16.4. The number of nitrogens with two attached hydrogens (primary N) is 1. The summed E-state index contributed by atoms with van der Waals surface area (Å²) >= 11 is 24.3. The summed E-state index contributed by atoms with van der Waals surface area (Å²) in [6.07, 6.45) is 8.17. The molecule has 1 fully saturated rings. The second-order valence-electron chi connectivity index (χ2n) is 7.86. The van der Waals surface area contributed by atoms with Crippen molar-refractivity contribution in [2.75, 3.05) is 38.5 Å². The Morgan fingerprint density at radius 2 is 1.53 bits per heavy atom. The van der Waals surface area contributed by atoms with Gasteiger partial charge in [-0.05, 0) is 43.5 Å². The first-order valence-electron chi connectivity index (χ1n) is 10.9. The smallest absolute Gasteiger partial charge is 0.144 e. The summed E-state index contributed by atoms with van der Waals surface area (Å²) in [5, 5.41) is 1.88. The summed E-state index contributed by atoms with van der Waals surface area (Å²) in [6, 6.07) is 6.91. The van der Waals surface area contributed by atoms with E-state index in [9.17, 15) is 0 Å². The minimum atomic E-state index is 0.392. The maximum atomic E-state index is 6.20. The number of aromatic nitrogens is 2. The third kappa shape index (κ3) is 5.69. The van der Waals surface area contributed by atoms with E-state index in [1.165, 1.54) is 0 Å². The Hall–Kier alpha value is -2.25. The van der Waals surface area contributed by atoms with Crippen molar-refractivity contribution in [1.82, 2.24) is 19.4 Å². The molecular formula is C24H25Cl4N5O. The van der Waals surface area contributed by atoms with Crippen molar-refractivity contribution in [2.24, 2.45) is 0 Å². The Labute approximate surface area is 219 Å². The van der Waals surface area contributed by atoms with E-state index in [0.717, 1.165) is 49.6 Å². The maximum Gasteiger partial charge on any atom is 0.144 e. The number of imidazole rings is 1. The van der Waals surface area contributed by atoms with Crippen LogP contribution in [0.3, 0.4) is 0 Å². The number of halogens is 4. The van der Waals surface area contributed by atoms with Crippen LogP contribution in [0.4, 0.5) is 5.69 Å². The molecule has 2 aromatic carbocycles. The van der Waals surface area contributed by atoms with Gasteiger partial charge >= 0.3 is 0 Å². The summed E-state index contributed by atoms with van der Waals surface area (Å²) in [7, 11) is 0. The van der Waals surface area contributed by atoms with Crippen molar-refractivity contribution in [3.05, 3.63) is 68.7 Å². The monoisotopic (exact) mass is 539 g/mol. The first kappa shape index (κ1) is 24.9. The topological polar surface area (TPSA) is 59.5 Å². The van der Waals surface area contributed by atoms with Crippen LogP contribution in [0.2, 0.25) is 20.1 Å². The van der Waals surface area contributed by atoms with Gasteiger partial charge in [-0.3, -0.25) is 0 Å². The minimum absolute atomic E-state index is 0.392. The fourth-order valence-electron chi connectivity index (χ4n) is 3.80. The Bertz CT molecular complexity index is 1230. The molecule has 10 heteroatoms. The summed E-state index contributed by atoms with van der Waals surface area (Å²) < 4.78 is 7.84. The summed E-state index contributed by atoms with van der Waals surface area (Å²) in [5.41, 5.74) is 8.21. The molecule has 0 spiro atoms. The number of nitrogen functional groups attached to an aromatic ring is 1. The van der Waals surface area contributed by atoms with Crippen LogP contribution < -0.4 is 10.5 Å². The fraction of sp³-hybridized carbons (Fsp3) is 0.292. The van der Waals surface area contributed by atoms with Gasteiger partial charge in [0.1, 0.15) is 18.2 Å². The lowest BCUT2D eigenvalue weighted by Crippen LogP contribution is -2.41. The van der Waals surface area contributed by atoms with Crippen molar-refractivity contribution in [3.63, 3.8) is 0 Å². The van der Waals surface area contributed by atoms with Gasteiger partial charge in [-0.2, -0.15) is 0 Å². The number of ether oxygens (including phenoxy) is 1. The van der Waals surface area contributed by atoms with Gasteiger partial charge in [0.15, 0.2) is 0 Å². The number of piperazine rings is 1. The molecule has 4 rings (SSSR count). The third-order valence-corrected chi connectivity index (χ3v) is 7.07. The number of aryl methyl sites for hydroxylation is 1. The van der Waals surface area contributed by atoms with Crippen molar-refractivity contribution in [3.8, 4) is 5.75 Å². The van der Waals surface area contributed by atoms with Gasteiger partial charge in [-0.25, -0.2) is 4.98 Å². The van der Waals surface area contributed by atoms with Crippen LogP contribution in [0.5, 0.6) is 5.75 Å². The molecule has 6 nitrogen and oxygen atoms in total. The Morgan fingerprint density at radius 1 is 0.912 bits per heavy atom. The molecular weight excluding hydrogens is 516 g/mol. The van der Waals surface area contributed by atoms with Gasteiger partial charge in [0.05, 0.1) is 36.8 Å². The number of fused-ring (bicyclic) bond motifs is 1. The average molecular weight is 541 g/mol. The molecule has 0 amide bonds. The number of nitrogens with zero attached hydrogens (tertiary/aromatic N) is 4. The number of hydrogen-bond donors (Lipinski definition) is 1. The molecule has 34 heavy (non-hydrogen) atoms. The predicted molar refractivity (Wildman–Crippen MR) is 143 cm³/mol. The molecule has 1 aromatic heterocycles.